The molecule has 0 amide bonds. The van der Waals surface area contributed by atoms with E-state index < -0.39 is 0 Å². The predicted molar refractivity (Wildman–Crippen MR) is 66.3 cm³/mol. The highest BCUT2D eigenvalue weighted by Crippen LogP contribution is 2.42. The van der Waals surface area contributed by atoms with Crippen molar-refractivity contribution in [3.05, 3.63) is 17.5 Å². The Hall–Kier alpha value is -1.12. The van der Waals surface area contributed by atoms with Gasteiger partial charge in [-0.25, -0.2) is 0 Å². The number of carbonyl (C=O) groups excluding carboxylic acids is 1. The average molecular weight is 232 g/mol. The van der Waals surface area contributed by atoms with Gasteiger partial charge in [0.2, 0.25) is 0 Å². The Kier molecular flexibility index (Phi) is 3.00. The van der Waals surface area contributed by atoms with Crippen molar-refractivity contribution in [2.24, 2.45) is 0 Å². The van der Waals surface area contributed by atoms with Crippen molar-refractivity contribution in [2.75, 3.05) is 0 Å². The van der Waals surface area contributed by atoms with Gasteiger partial charge >= 0.3 is 0 Å². The molecule has 3 heteroatoms. The van der Waals surface area contributed by atoms with Crippen LogP contribution in [0.4, 0.5) is 0 Å². The first-order valence-electron chi connectivity index (χ1n) is 6.93. The summed E-state index contributed by atoms with van der Waals surface area (Å²) in [5.74, 6) is 0.680. The molecule has 2 aliphatic carbocycles. The van der Waals surface area contributed by atoms with E-state index in [0.717, 1.165) is 6.29 Å². The molecule has 2 aliphatic rings. The third-order valence-electron chi connectivity index (χ3n) is 4.07. The fraction of sp³-hybridized carbons (Fsp3) is 0.714. The minimum absolute atomic E-state index is 0.543. The monoisotopic (exact) mass is 232 g/mol. The zero-order valence-corrected chi connectivity index (χ0v) is 10.3. The number of nitrogens with zero attached hydrogens (tertiary/aromatic N) is 2. The van der Waals surface area contributed by atoms with Gasteiger partial charge in [0.15, 0.2) is 6.29 Å². The fourth-order valence-electron chi connectivity index (χ4n) is 2.97. The van der Waals surface area contributed by atoms with Crippen LogP contribution in [0.5, 0.6) is 0 Å². The van der Waals surface area contributed by atoms with Crippen LogP contribution in [0, 0.1) is 0 Å². The van der Waals surface area contributed by atoms with Gasteiger partial charge in [0.25, 0.3) is 0 Å². The smallest absolute Gasteiger partial charge is 0.170 e. The SMILES string of the molecule is O=Cc1cc(C2CC2)n(C2CCCCCC2)n1. The molecule has 0 N–H and O–H groups in total. The number of carbonyl (C=O) groups is 1. The van der Waals surface area contributed by atoms with E-state index in [9.17, 15) is 4.79 Å². The molecule has 2 saturated carbocycles. The molecule has 2 fully saturated rings. The molecule has 3 nitrogen and oxygen atoms in total. The van der Waals surface area contributed by atoms with Crippen molar-refractivity contribution in [3.63, 3.8) is 0 Å². The second-order valence-electron chi connectivity index (χ2n) is 5.48. The molecule has 1 aromatic heterocycles. The Morgan fingerprint density at radius 2 is 1.82 bits per heavy atom. The van der Waals surface area contributed by atoms with E-state index in [1.165, 1.54) is 57.1 Å². The average Bonchev–Trinajstić information content (AvgIpc) is 3.14. The maximum Gasteiger partial charge on any atom is 0.170 e. The van der Waals surface area contributed by atoms with E-state index in [1.54, 1.807) is 0 Å². The normalized spacial score (nSPS) is 22.4. The van der Waals surface area contributed by atoms with Crippen molar-refractivity contribution in [3.8, 4) is 0 Å². The van der Waals surface area contributed by atoms with Crippen LogP contribution in [0.25, 0.3) is 0 Å². The Bertz CT molecular complexity index is 398. The Labute approximate surface area is 102 Å². The van der Waals surface area contributed by atoms with Gasteiger partial charge in [-0.15, -0.1) is 0 Å². The second-order valence-corrected chi connectivity index (χ2v) is 5.48. The topological polar surface area (TPSA) is 34.9 Å². The maximum atomic E-state index is 10.9. The summed E-state index contributed by atoms with van der Waals surface area (Å²) in [5, 5.41) is 4.50. The molecule has 3 rings (SSSR count). The Balaban J connectivity index is 1.88. The molecule has 0 radical (unpaired) electrons. The number of aldehydes is 1. The Morgan fingerprint density at radius 3 is 2.41 bits per heavy atom. The van der Waals surface area contributed by atoms with Crippen LogP contribution in [-0.4, -0.2) is 16.1 Å². The first-order chi connectivity index (χ1) is 8.38. The van der Waals surface area contributed by atoms with E-state index in [1.807, 2.05) is 6.07 Å². The summed E-state index contributed by atoms with van der Waals surface area (Å²) in [4.78, 5) is 10.9. The lowest BCUT2D eigenvalue weighted by Gasteiger charge is -2.17. The van der Waals surface area contributed by atoms with Crippen molar-refractivity contribution in [2.45, 2.75) is 63.3 Å². The van der Waals surface area contributed by atoms with Gasteiger partial charge in [0.05, 0.1) is 6.04 Å². The molecule has 1 aromatic rings. The van der Waals surface area contributed by atoms with E-state index in [-0.39, 0.29) is 0 Å². The van der Waals surface area contributed by atoms with Gasteiger partial charge in [0, 0.05) is 11.6 Å². The van der Waals surface area contributed by atoms with Crippen molar-refractivity contribution >= 4 is 6.29 Å². The highest BCUT2D eigenvalue weighted by Gasteiger charge is 2.30. The summed E-state index contributed by atoms with van der Waals surface area (Å²) in [5.41, 5.74) is 1.94. The summed E-state index contributed by atoms with van der Waals surface area (Å²) in [6.45, 7) is 0. The predicted octanol–water partition coefficient (Wildman–Crippen LogP) is 3.47. The lowest BCUT2D eigenvalue weighted by atomic mass is 10.1. The third-order valence-corrected chi connectivity index (χ3v) is 4.07. The van der Waals surface area contributed by atoms with Crippen LogP contribution in [0.15, 0.2) is 6.07 Å². The first kappa shape index (κ1) is 11.0. The number of hydrogen-bond acceptors (Lipinski definition) is 2. The molecule has 0 unspecified atom stereocenters. The summed E-state index contributed by atoms with van der Waals surface area (Å²) >= 11 is 0. The van der Waals surface area contributed by atoms with Crippen molar-refractivity contribution in [1.82, 2.24) is 9.78 Å². The largest absolute Gasteiger partial charge is 0.296 e. The third kappa shape index (κ3) is 2.28. The van der Waals surface area contributed by atoms with Crippen LogP contribution in [-0.2, 0) is 0 Å². The molecule has 0 aromatic carbocycles. The summed E-state index contributed by atoms with van der Waals surface area (Å²) in [6.07, 6.45) is 11.2. The van der Waals surface area contributed by atoms with E-state index >= 15 is 0 Å². The van der Waals surface area contributed by atoms with Gasteiger partial charge in [-0.2, -0.15) is 5.10 Å². The fourth-order valence-corrected chi connectivity index (χ4v) is 2.97. The summed E-state index contributed by atoms with van der Waals surface area (Å²) in [7, 11) is 0. The highest BCUT2D eigenvalue weighted by molar-refractivity contribution is 5.71. The number of rotatable bonds is 3. The van der Waals surface area contributed by atoms with E-state index in [2.05, 4.69) is 9.78 Å². The standard InChI is InChI=1S/C14H20N2O/c17-10-12-9-14(11-7-8-11)16(15-12)13-5-3-1-2-4-6-13/h9-11,13H,1-8H2. The van der Waals surface area contributed by atoms with Crippen LogP contribution in [0.2, 0.25) is 0 Å². The highest BCUT2D eigenvalue weighted by atomic mass is 16.1. The lowest BCUT2D eigenvalue weighted by molar-refractivity contribution is 0.111. The molecule has 0 spiro atoms. The summed E-state index contributed by atoms with van der Waals surface area (Å²) in [6, 6.07) is 2.55. The molecule has 92 valence electrons. The van der Waals surface area contributed by atoms with Crippen LogP contribution in [0.1, 0.15) is 79.5 Å². The van der Waals surface area contributed by atoms with Crippen LogP contribution < -0.4 is 0 Å². The molecule has 1 heterocycles. The van der Waals surface area contributed by atoms with Gasteiger partial charge < -0.3 is 0 Å². The molecule has 17 heavy (non-hydrogen) atoms. The minimum Gasteiger partial charge on any atom is -0.296 e. The quantitative estimate of drug-likeness (QED) is 0.591. The molecule has 0 atom stereocenters. The van der Waals surface area contributed by atoms with E-state index in [4.69, 9.17) is 0 Å². The van der Waals surface area contributed by atoms with Gasteiger partial charge in [-0.1, -0.05) is 25.7 Å². The molecule has 0 bridgehead atoms. The zero-order valence-electron chi connectivity index (χ0n) is 10.3. The van der Waals surface area contributed by atoms with Crippen LogP contribution in [0.3, 0.4) is 0 Å². The van der Waals surface area contributed by atoms with Gasteiger partial charge in [0.1, 0.15) is 5.69 Å². The molecular formula is C14H20N2O. The van der Waals surface area contributed by atoms with Crippen LogP contribution >= 0.6 is 0 Å². The lowest BCUT2D eigenvalue weighted by Crippen LogP contribution is -2.13. The molecular weight excluding hydrogens is 212 g/mol. The zero-order chi connectivity index (χ0) is 11.7. The number of aromatic nitrogens is 2. The van der Waals surface area contributed by atoms with Gasteiger partial charge in [-0.3, -0.25) is 9.48 Å². The minimum atomic E-state index is 0.543. The second kappa shape index (κ2) is 4.63. The molecule has 0 saturated heterocycles. The Morgan fingerprint density at radius 1 is 1.12 bits per heavy atom. The first-order valence-corrected chi connectivity index (χ1v) is 6.93. The van der Waals surface area contributed by atoms with E-state index in [0.29, 0.717) is 17.7 Å². The van der Waals surface area contributed by atoms with Gasteiger partial charge in [-0.05, 0) is 31.7 Å². The maximum absolute atomic E-state index is 10.9. The van der Waals surface area contributed by atoms with Crippen molar-refractivity contribution < 1.29 is 4.79 Å². The van der Waals surface area contributed by atoms with Crippen molar-refractivity contribution in [1.29, 1.82) is 0 Å². The summed E-state index contributed by atoms with van der Waals surface area (Å²) < 4.78 is 2.19. The molecule has 0 aliphatic heterocycles. The number of hydrogen-bond donors (Lipinski definition) is 0.